The first-order valence-corrected chi connectivity index (χ1v) is 15.4. The summed E-state index contributed by atoms with van der Waals surface area (Å²) >= 11 is 0. The minimum absolute atomic E-state index is 0.0680. The fourth-order valence-corrected chi connectivity index (χ4v) is 3.82. The maximum Gasteiger partial charge on any atom is 0.305 e. The van der Waals surface area contributed by atoms with Crippen molar-refractivity contribution in [2.24, 2.45) is 0 Å². The fourth-order valence-electron chi connectivity index (χ4n) is 3.82. The number of allylic oxidation sites excluding steroid dienone is 7. The molecular weight excluding hydrogens is 508 g/mol. The lowest BCUT2D eigenvalue weighted by Gasteiger charge is -2.16. The molecule has 0 aromatic rings. The third-order valence-corrected chi connectivity index (χ3v) is 6.28. The molecule has 3 atom stereocenters. The quantitative estimate of drug-likeness (QED) is 0.0611. The Bertz CT molecular complexity index is 726. The third kappa shape index (κ3) is 26.0. The minimum Gasteiger partial charge on any atom is -0.463 e. The zero-order valence-corrected chi connectivity index (χ0v) is 25.1. The van der Waals surface area contributed by atoms with Crippen LogP contribution in [-0.2, 0) is 19.1 Å². The number of aliphatic hydroxyl groups is 3. The van der Waals surface area contributed by atoms with Crippen LogP contribution < -0.4 is 0 Å². The van der Waals surface area contributed by atoms with Crippen molar-refractivity contribution < 1.29 is 34.4 Å². The molecule has 0 aliphatic heterocycles. The van der Waals surface area contributed by atoms with E-state index in [1.807, 2.05) is 12.2 Å². The van der Waals surface area contributed by atoms with E-state index in [0.717, 1.165) is 44.9 Å². The van der Waals surface area contributed by atoms with E-state index in [1.165, 1.54) is 25.7 Å². The van der Waals surface area contributed by atoms with Crippen LogP contribution in [0.1, 0.15) is 117 Å². The van der Waals surface area contributed by atoms with E-state index in [2.05, 4.69) is 50.3 Å². The highest BCUT2D eigenvalue weighted by Crippen LogP contribution is 2.11. The standard InChI is InChI=1S/C33H56O7/c1-3-5-7-9-11-12-13-14-15-17-18-20-23-30(35)31(36)24-22-26-33(38)40-28-29(34)27-39-32(37)25-21-19-16-10-8-6-4-2/h5,7,11-12,14-15,18,20,29-31,34-36H,3-4,6,8-10,13,16-17,19,21-28H2,1-2H3/b7-5-,12-11-,15-14-,20-18-/t29-,30+,31+/m1/s1. The van der Waals surface area contributed by atoms with Crippen LogP contribution in [0, 0.1) is 0 Å². The summed E-state index contributed by atoms with van der Waals surface area (Å²) in [5.41, 5.74) is 0. The molecule has 7 heteroatoms. The lowest BCUT2D eigenvalue weighted by Crippen LogP contribution is -2.26. The van der Waals surface area contributed by atoms with Crippen LogP contribution in [0.3, 0.4) is 0 Å². The molecule has 0 saturated heterocycles. The average molecular weight is 565 g/mol. The maximum absolute atomic E-state index is 11.9. The van der Waals surface area contributed by atoms with Gasteiger partial charge in [0.15, 0.2) is 0 Å². The largest absolute Gasteiger partial charge is 0.463 e. The van der Waals surface area contributed by atoms with Gasteiger partial charge in [-0.1, -0.05) is 101 Å². The van der Waals surface area contributed by atoms with Crippen molar-refractivity contribution in [2.75, 3.05) is 13.2 Å². The Kier molecular flexibility index (Phi) is 26.7. The van der Waals surface area contributed by atoms with Crippen molar-refractivity contribution in [1.29, 1.82) is 0 Å². The maximum atomic E-state index is 11.9. The van der Waals surface area contributed by atoms with E-state index >= 15 is 0 Å². The molecule has 7 nitrogen and oxygen atoms in total. The first-order chi connectivity index (χ1) is 19.4. The number of ether oxygens (including phenoxy) is 2. The van der Waals surface area contributed by atoms with Crippen LogP contribution in [0.5, 0.6) is 0 Å². The molecule has 0 aromatic heterocycles. The number of rotatable bonds is 26. The molecule has 0 fully saturated rings. The molecule has 0 bridgehead atoms. The Morgan fingerprint density at radius 2 is 1.07 bits per heavy atom. The number of carbonyl (C=O) groups excluding carboxylic acids is 2. The van der Waals surface area contributed by atoms with Gasteiger partial charge in [0, 0.05) is 12.8 Å². The van der Waals surface area contributed by atoms with E-state index in [0.29, 0.717) is 19.3 Å². The molecular formula is C33H56O7. The second kappa shape index (κ2) is 28.3. The van der Waals surface area contributed by atoms with Crippen LogP contribution in [0.15, 0.2) is 48.6 Å². The fraction of sp³-hybridized carbons (Fsp3) is 0.697. The number of carbonyl (C=O) groups is 2. The molecule has 0 radical (unpaired) electrons. The summed E-state index contributed by atoms with van der Waals surface area (Å²) in [7, 11) is 0. The van der Waals surface area contributed by atoms with Gasteiger partial charge < -0.3 is 24.8 Å². The highest BCUT2D eigenvalue weighted by Gasteiger charge is 2.16. The molecule has 0 aliphatic rings. The first kappa shape index (κ1) is 37.8. The predicted octanol–water partition coefficient (Wildman–Crippen LogP) is 6.66. The van der Waals surface area contributed by atoms with Gasteiger partial charge in [0.25, 0.3) is 0 Å². The van der Waals surface area contributed by atoms with Crippen molar-refractivity contribution in [3.8, 4) is 0 Å². The highest BCUT2D eigenvalue weighted by atomic mass is 16.6. The van der Waals surface area contributed by atoms with Crippen LogP contribution in [0.4, 0.5) is 0 Å². The van der Waals surface area contributed by atoms with E-state index in [4.69, 9.17) is 9.47 Å². The average Bonchev–Trinajstić information content (AvgIpc) is 2.94. The summed E-state index contributed by atoms with van der Waals surface area (Å²) in [6.07, 6.45) is 26.5. The third-order valence-electron chi connectivity index (χ3n) is 6.28. The molecule has 0 amide bonds. The summed E-state index contributed by atoms with van der Waals surface area (Å²) in [6.45, 7) is 3.85. The van der Waals surface area contributed by atoms with Crippen molar-refractivity contribution in [2.45, 2.75) is 135 Å². The van der Waals surface area contributed by atoms with Crippen molar-refractivity contribution in [1.82, 2.24) is 0 Å². The Morgan fingerprint density at radius 3 is 1.62 bits per heavy atom. The summed E-state index contributed by atoms with van der Waals surface area (Å²) in [6, 6.07) is 0. The zero-order valence-electron chi connectivity index (χ0n) is 25.1. The van der Waals surface area contributed by atoms with Crippen molar-refractivity contribution in [3.63, 3.8) is 0 Å². The van der Waals surface area contributed by atoms with Gasteiger partial charge in [-0.3, -0.25) is 9.59 Å². The van der Waals surface area contributed by atoms with E-state index in [9.17, 15) is 24.9 Å². The van der Waals surface area contributed by atoms with E-state index in [1.54, 1.807) is 0 Å². The van der Waals surface area contributed by atoms with Gasteiger partial charge in [0.2, 0.25) is 0 Å². The Balaban J connectivity index is 3.81. The molecule has 0 unspecified atom stereocenters. The normalized spacial score (nSPS) is 14.4. The molecule has 230 valence electrons. The molecule has 0 aromatic carbocycles. The van der Waals surface area contributed by atoms with Crippen molar-refractivity contribution in [3.05, 3.63) is 48.6 Å². The summed E-state index contributed by atoms with van der Waals surface area (Å²) in [5, 5.41) is 30.1. The highest BCUT2D eigenvalue weighted by molar-refractivity contribution is 5.69. The van der Waals surface area contributed by atoms with E-state index in [-0.39, 0.29) is 32.0 Å². The van der Waals surface area contributed by atoms with Crippen LogP contribution >= 0.6 is 0 Å². The van der Waals surface area contributed by atoms with Gasteiger partial charge in [-0.2, -0.15) is 0 Å². The van der Waals surface area contributed by atoms with Gasteiger partial charge in [0.1, 0.15) is 19.3 Å². The molecule has 0 aliphatic carbocycles. The summed E-state index contributed by atoms with van der Waals surface area (Å²) in [4.78, 5) is 23.7. The minimum atomic E-state index is -1.07. The van der Waals surface area contributed by atoms with Crippen LogP contribution in [-0.4, -0.2) is 58.8 Å². The number of aliphatic hydroxyl groups excluding tert-OH is 3. The number of unbranched alkanes of at least 4 members (excludes halogenated alkanes) is 6. The molecule has 0 spiro atoms. The monoisotopic (exact) mass is 564 g/mol. The lowest BCUT2D eigenvalue weighted by molar-refractivity contribution is -0.152. The second-order valence-electron chi connectivity index (χ2n) is 10.2. The van der Waals surface area contributed by atoms with E-state index < -0.39 is 24.3 Å². The molecule has 0 heterocycles. The van der Waals surface area contributed by atoms with Gasteiger partial charge in [0.05, 0.1) is 12.2 Å². The van der Waals surface area contributed by atoms with Gasteiger partial charge in [-0.15, -0.1) is 0 Å². The number of hydrogen-bond donors (Lipinski definition) is 3. The molecule has 0 rings (SSSR count). The zero-order chi connectivity index (χ0) is 29.7. The van der Waals surface area contributed by atoms with Crippen LogP contribution in [0.2, 0.25) is 0 Å². The molecule has 0 saturated carbocycles. The Morgan fingerprint density at radius 1 is 0.600 bits per heavy atom. The summed E-state index contributed by atoms with van der Waals surface area (Å²) in [5.74, 6) is -0.856. The first-order valence-electron chi connectivity index (χ1n) is 15.4. The number of esters is 2. The van der Waals surface area contributed by atoms with Gasteiger partial charge >= 0.3 is 11.9 Å². The second-order valence-corrected chi connectivity index (χ2v) is 10.2. The van der Waals surface area contributed by atoms with Crippen LogP contribution in [0.25, 0.3) is 0 Å². The Hall–Kier alpha value is -2.22. The number of hydrogen-bond acceptors (Lipinski definition) is 7. The SMILES string of the molecule is CC/C=C\C/C=C\C/C=C\C/C=C\C[C@H](O)[C@@H](O)CCCC(=O)OC[C@H](O)COC(=O)CCCCCCCCC. The molecule has 3 N–H and O–H groups in total. The smallest absolute Gasteiger partial charge is 0.305 e. The topological polar surface area (TPSA) is 113 Å². The summed E-state index contributed by atoms with van der Waals surface area (Å²) < 4.78 is 10.1. The van der Waals surface area contributed by atoms with Gasteiger partial charge in [-0.25, -0.2) is 0 Å². The Labute approximate surface area is 243 Å². The van der Waals surface area contributed by atoms with Gasteiger partial charge in [-0.05, 0) is 51.4 Å². The van der Waals surface area contributed by atoms with Crippen molar-refractivity contribution >= 4 is 11.9 Å². The molecule has 40 heavy (non-hydrogen) atoms. The predicted molar refractivity (Wildman–Crippen MR) is 162 cm³/mol. The lowest BCUT2D eigenvalue weighted by atomic mass is 10.0.